The van der Waals surface area contributed by atoms with Gasteiger partial charge in [0.2, 0.25) is 0 Å². The van der Waals surface area contributed by atoms with Gasteiger partial charge in [0.1, 0.15) is 11.6 Å². The average Bonchev–Trinajstić information content (AvgIpc) is 2.84. The summed E-state index contributed by atoms with van der Waals surface area (Å²) >= 11 is 0. The number of amides is 2. The molecule has 1 aliphatic rings. The fraction of sp³-hybridized carbons (Fsp3) is 0.240. The Morgan fingerprint density at radius 3 is 2.22 bits per heavy atom. The summed E-state index contributed by atoms with van der Waals surface area (Å²) in [5.74, 6) is 1.02. The Morgan fingerprint density at radius 2 is 1.53 bits per heavy atom. The molecule has 164 valence electrons. The van der Waals surface area contributed by atoms with Crippen LogP contribution in [-0.2, 0) is 0 Å². The van der Waals surface area contributed by atoms with Crippen molar-refractivity contribution in [3.8, 4) is 5.75 Å². The van der Waals surface area contributed by atoms with Gasteiger partial charge in [0.05, 0.1) is 18.4 Å². The van der Waals surface area contributed by atoms with Crippen LogP contribution >= 0.6 is 0 Å². The van der Waals surface area contributed by atoms with Crippen molar-refractivity contribution in [1.29, 1.82) is 0 Å². The highest BCUT2D eigenvalue weighted by atomic mass is 16.5. The van der Waals surface area contributed by atoms with E-state index in [1.165, 1.54) is 0 Å². The molecule has 32 heavy (non-hydrogen) atoms. The van der Waals surface area contributed by atoms with Crippen LogP contribution in [0.25, 0.3) is 0 Å². The zero-order valence-electron chi connectivity index (χ0n) is 18.2. The molecule has 7 nitrogen and oxygen atoms in total. The van der Waals surface area contributed by atoms with E-state index in [4.69, 9.17) is 4.74 Å². The number of rotatable bonds is 5. The number of piperazine rings is 1. The van der Waals surface area contributed by atoms with Crippen LogP contribution in [0.4, 0.5) is 11.5 Å². The number of aromatic nitrogens is 1. The first kappa shape index (κ1) is 21.4. The Morgan fingerprint density at radius 1 is 0.875 bits per heavy atom. The van der Waals surface area contributed by atoms with Crippen LogP contribution in [0.3, 0.4) is 0 Å². The molecule has 1 aromatic heterocycles. The van der Waals surface area contributed by atoms with Crippen LogP contribution in [0.1, 0.15) is 26.3 Å². The molecular formula is C25H26N4O3. The van der Waals surface area contributed by atoms with Crippen molar-refractivity contribution in [2.75, 3.05) is 38.6 Å². The Kier molecular flexibility index (Phi) is 6.35. The zero-order valence-corrected chi connectivity index (χ0v) is 18.2. The van der Waals surface area contributed by atoms with E-state index in [0.29, 0.717) is 48.9 Å². The van der Waals surface area contributed by atoms with Gasteiger partial charge in [-0.2, -0.15) is 0 Å². The maximum Gasteiger partial charge on any atom is 0.257 e. The smallest absolute Gasteiger partial charge is 0.257 e. The Hall–Kier alpha value is -3.87. The molecule has 0 bridgehead atoms. The first-order valence-corrected chi connectivity index (χ1v) is 10.6. The van der Waals surface area contributed by atoms with Crippen LogP contribution in [0.2, 0.25) is 0 Å². The maximum absolute atomic E-state index is 13.3. The van der Waals surface area contributed by atoms with Crippen LogP contribution in [0, 0.1) is 6.92 Å². The number of anilines is 2. The topological polar surface area (TPSA) is 74.8 Å². The Bertz CT molecular complexity index is 1110. The van der Waals surface area contributed by atoms with Gasteiger partial charge in [-0.3, -0.25) is 9.59 Å². The molecule has 0 radical (unpaired) electrons. The van der Waals surface area contributed by atoms with Gasteiger partial charge in [0, 0.05) is 37.9 Å². The minimum Gasteiger partial charge on any atom is -0.495 e. The summed E-state index contributed by atoms with van der Waals surface area (Å²) in [6.07, 6.45) is 1.65. The number of carbonyl (C=O) groups excluding carboxylic acids is 2. The highest BCUT2D eigenvalue weighted by Gasteiger charge is 2.27. The summed E-state index contributed by atoms with van der Waals surface area (Å²) in [5, 5.41) is 3.22. The Labute approximate surface area is 187 Å². The Balaban J connectivity index is 1.45. The van der Waals surface area contributed by atoms with Crippen LogP contribution < -0.4 is 10.1 Å². The number of nitrogens with one attached hydrogen (secondary N) is 1. The molecule has 1 aliphatic heterocycles. The van der Waals surface area contributed by atoms with Crippen molar-refractivity contribution < 1.29 is 14.3 Å². The summed E-state index contributed by atoms with van der Waals surface area (Å²) in [4.78, 5) is 34.0. The molecule has 2 amide bonds. The average molecular weight is 431 g/mol. The third-order valence-electron chi connectivity index (χ3n) is 5.55. The van der Waals surface area contributed by atoms with E-state index in [-0.39, 0.29) is 11.8 Å². The van der Waals surface area contributed by atoms with Crippen molar-refractivity contribution in [2.24, 2.45) is 0 Å². The molecule has 0 spiro atoms. The number of aryl methyl sites for hydroxylation is 1. The second-order valence-electron chi connectivity index (χ2n) is 7.68. The van der Waals surface area contributed by atoms with E-state index in [2.05, 4.69) is 10.3 Å². The van der Waals surface area contributed by atoms with E-state index in [9.17, 15) is 9.59 Å². The van der Waals surface area contributed by atoms with Gasteiger partial charge in [0.15, 0.2) is 0 Å². The lowest BCUT2D eigenvalue weighted by Gasteiger charge is -2.35. The minimum absolute atomic E-state index is 0.00277. The molecule has 2 aromatic carbocycles. The van der Waals surface area contributed by atoms with E-state index >= 15 is 0 Å². The molecule has 0 unspecified atom stereocenters. The van der Waals surface area contributed by atoms with E-state index in [0.717, 1.165) is 11.3 Å². The van der Waals surface area contributed by atoms with Gasteiger partial charge in [-0.05, 0) is 43.3 Å². The van der Waals surface area contributed by atoms with Gasteiger partial charge in [-0.25, -0.2) is 4.98 Å². The summed E-state index contributed by atoms with van der Waals surface area (Å²) in [5.41, 5.74) is 3.00. The highest BCUT2D eigenvalue weighted by Crippen LogP contribution is 2.28. The SMILES string of the molecule is COc1ccccc1Nc1ncccc1C(=O)N1CCN(C(=O)c2ccc(C)cc2)CC1. The lowest BCUT2D eigenvalue weighted by atomic mass is 10.1. The van der Waals surface area contributed by atoms with E-state index in [1.807, 2.05) is 55.5 Å². The molecule has 0 saturated carbocycles. The van der Waals surface area contributed by atoms with Gasteiger partial charge in [-0.1, -0.05) is 29.8 Å². The zero-order chi connectivity index (χ0) is 22.5. The molecule has 1 fully saturated rings. The van der Waals surface area contributed by atoms with Crippen molar-refractivity contribution in [1.82, 2.24) is 14.8 Å². The number of benzene rings is 2. The maximum atomic E-state index is 13.3. The number of hydrogen-bond acceptors (Lipinski definition) is 5. The number of ether oxygens (including phenoxy) is 1. The molecule has 0 atom stereocenters. The molecule has 1 saturated heterocycles. The molecule has 4 rings (SSSR count). The second kappa shape index (κ2) is 9.51. The van der Waals surface area contributed by atoms with Crippen molar-refractivity contribution in [3.05, 3.63) is 83.6 Å². The summed E-state index contributed by atoms with van der Waals surface area (Å²) in [6, 6.07) is 18.6. The number of pyridine rings is 1. The first-order valence-electron chi connectivity index (χ1n) is 10.6. The summed E-state index contributed by atoms with van der Waals surface area (Å²) in [6.45, 7) is 3.93. The minimum atomic E-state index is -0.113. The van der Waals surface area contributed by atoms with Gasteiger partial charge >= 0.3 is 0 Å². The number of nitrogens with zero attached hydrogens (tertiary/aromatic N) is 3. The van der Waals surface area contributed by atoms with Gasteiger partial charge in [-0.15, -0.1) is 0 Å². The van der Waals surface area contributed by atoms with Gasteiger partial charge < -0.3 is 19.9 Å². The molecule has 3 aromatic rings. The van der Waals surface area contributed by atoms with Crippen molar-refractivity contribution in [2.45, 2.75) is 6.92 Å². The van der Waals surface area contributed by atoms with Crippen molar-refractivity contribution in [3.63, 3.8) is 0 Å². The van der Waals surface area contributed by atoms with Crippen LogP contribution in [-0.4, -0.2) is 59.9 Å². The third-order valence-corrected chi connectivity index (χ3v) is 5.55. The lowest BCUT2D eigenvalue weighted by Crippen LogP contribution is -2.50. The number of para-hydroxylation sites is 2. The van der Waals surface area contributed by atoms with E-state index in [1.54, 1.807) is 35.2 Å². The molecular weight excluding hydrogens is 404 g/mol. The monoisotopic (exact) mass is 430 g/mol. The van der Waals surface area contributed by atoms with E-state index < -0.39 is 0 Å². The van der Waals surface area contributed by atoms with Crippen LogP contribution in [0.5, 0.6) is 5.75 Å². The summed E-state index contributed by atoms with van der Waals surface area (Å²) < 4.78 is 5.39. The number of carbonyl (C=O) groups is 2. The standard InChI is InChI=1S/C25H26N4O3/c1-18-9-11-19(12-10-18)24(30)28-14-16-29(17-15-28)25(31)20-6-5-13-26-23(20)27-21-7-3-4-8-22(21)32-2/h3-13H,14-17H2,1-2H3,(H,26,27). The molecule has 0 aliphatic carbocycles. The predicted molar refractivity (Wildman–Crippen MR) is 123 cm³/mol. The lowest BCUT2D eigenvalue weighted by molar-refractivity contribution is 0.0536. The summed E-state index contributed by atoms with van der Waals surface area (Å²) in [7, 11) is 1.60. The fourth-order valence-corrected chi connectivity index (χ4v) is 3.71. The quantitative estimate of drug-likeness (QED) is 0.668. The second-order valence-corrected chi connectivity index (χ2v) is 7.68. The fourth-order valence-electron chi connectivity index (χ4n) is 3.71. The normalized spacial score (nSPS) is 13.6. The van der Waals surface area contributed by atoms with Crippen molar-refractivity contribution >= 4 is 23.3 Å². The molecule has 2 heterocycles. The number of hydrogen-bond donors (Lipinski definition) is 1. The largest absolute Gasteiger partial charge is 0.495 e. The number of methoxy groups -OCH3 is 1. The molecule has 1 N–H and O–H groups in total. The predicted octanol–water partition coefficient (Wildman–Crippen LogP) is 3.74. The first-order chi connectivity index (χ1) is 15.6. The van der Waals surface area contributed by atoms with Crippen LogP contribution in [0.15, 0.2) is 66.9 Å². The third kappa shape index (κ3) is 4.56. The molecule has 7 heteroatoms. The highest BCUT2D eigenvalue weighted by molar-refractivity contribution is 6.00. The van der Waals surface area contributed by atoms with Gasteiger partial charge in [0.25, 0.3) is 11.8 Å².